The van der Waals surface area contributed by atoms with Crippen LogP contribution in [-0.4, -0.2) is 37.5 Å². The molecule has 2 atom stereocenters. The lowest BCUT2D eigenvalue weighted by molar-refractivity contribution is 0.0548. The van der Waals surface area contributed by atoms with Crippen LogP contribution >= 0.6 is 0 Å². The lowest BCUT2D eigenvalue weighted by Gasteiger charge is -2.22. The van der Waals surface area contributed by atoms with Crippen molar-refractivity contribution in [2.75, 3.05) is 26.3 Å². The van der Waals surface area contributed by atoms with Crippen LogP contribution in [0.4, 0.5) is 0 Å². The van der Waals surface area contributed by atoms with E-state index in [2.05, 4.69) is 5.32 Å². The van der Waals surface area contributed by atoms with Gasteiger partial charge in [0.25, 0.3) is 0 Å². The van der Waals surface area contributed by atoms with Gasteiger partial charge in [0.2, 0.25) is 0 Å². The first-order valence-corrected chi connectivity index (χ1v) is 5.75. The predicted octanol–water partition coefficient (Wildman–Crippen LogP) is 1.16. The molecule has 2 N–H and O–H groups in total. The van der Waals surface area contributed by atoms with Crippen molar-refractivity contribution in [2.24, 2.45) is 5.92 Å². The van der Waals surface area contributed by atoms with Crippen LogP contribution in [-0.2, 0) is 4.74 Å². The molecule has 3 heteroatoms. The van der Waals surface area contributed by atoms with Crippen molar-refractivity contribution in [1.82, 2.24) is 5.32 Å². The van der Waals surface area contributed by atoms with Gasteiger partial charge in [-0.15, -0.1) is 0 Å². The molecule has 1 aliphatic heterocycles. The van der Waals surface area contributed by atoms with E-state index in [1.165, 1.54) is 12.8 Å². The lowest BCUT2D eigenvalue weighted by atomic mass is 10.0. The van der Waals surface area contributed by atoms with Gasteiger partial charge in [-0.25, -0.2) is 0 Å². The van der Waals surface area contributed by atoms with E-state index in [0.717, 1.165) is 39.1 Å². The quantitative estimate of drug-likeness (QED) is 0.634. The maximum atomic E-state index is 9.05. The zero-order chi connectivity index (χ0) is 10.2. The molecule has 0 aromatic carbocycles. The summed E-state index contributed by atoms with van der Waals surface area (Å²) in [6.45, 7) is 5.79. The zero-order valence-electron chi connectivity index (χ0n) is 9.17. The summed E-state index contributed by atoms with van der Waals surface area (Å²) in [6, 6.07) is 0. The minimum Gasteiger partial charge on any atom is -0.393 e. The number of rotatable bonds is 6. The molecular weight excluding hydrogens is 178 g/mol. The van der Waals surface area contributed by atoms with Gasteiger partial charge in [0, 0.05) is 13.2 Å². The third kappa shape index (κ3) is 5.58. The summed E-state index contributed by atoms with van der Waals surface area (Å²) in [6.07, 6.45) is 4.30. The smallest absolute Gasteiger partial charge is 0.0512 e. The highest BCUT2D eigenvalue weighted by Crippen LogP contribution is 2.11. The van der Waals surface area contributed by atoms with Crippen molar-refractivity contribution < 1.29 is 9.84 Å². The summed E-state index contributed by atoms with van der Waals surface area (Å²) >= 11 is 0. The van der Waals surface area contributed by atoms with Crippen LogP contribution in [0.15, 0.2) is 0 Å². The third-order valence-corrected chi connectivity index (χ3v) is 2.66. The van der Waals surface area contributed by atoms with Crippen molar-refractivity contribution in [3.05, 3.63) is 0 Å². The van der Waals surface area contributed by atoms with Crippen molar-refractivity contribution >= 4 is 0 Å². The fourth-order valence-electron chi connectivity index (χ4n) is 1.80. The van der Waals surface area contributed by atoms with Gasteiger partial charge in [0.1, 0.15) is 0 Å². The van der Waals surface area contributed by atoms with Crippen LogP contribution in [0.2, 0.25) is 0 Å². The molecule has 0 amide bonds. The summed E-state index contributed by atoms with van der Waals surface area (Å²) in [7, 11) is 0. The number of aliphatic hydroxyl groups is 1. The van der Waals surface area contributed by atoms with Gasteiger partial charge >= 0.3 is 0 Å². The standard InChI is InChI=1S/C11H23NO2/c1-10(13)4-2-6-12-8-11-5-3-7-14-9-11/h10-13H,2-9H2,1H3. The van der Waals surface area contributed by atoms with Crippen LogP contribution < -0.4 is 5.32 Å². The Kier molecular flexibility index (Phi) is 6.15. The second-order valence-electron chi connectivity index (χ2n) is 4.28. The molecule has 2 unspecified atom stereocenters. The van der Waals surface area contributed by atoms with E-state index >= 15 is 0 Å². The number of hydrogen-bond acceptors (Lipinski definition) is 3. The summed E-state index contributed by atoms with van der Waals surface area (Å²) < 4.78 is 5.40. The van der Waals surface area contributed by atoms with E-state index in [0.29, 0.717) is 5.92 Å². The monoisotopic (exact) mass is 201 g/mol. The minimum absolute atomic E-state index is 0.158. The third-order valence-electron chi connectivity index (χ3n) is 2.66. The molecule has 1 aliphatic rings. The molecule has 0 aromatic heterocycles. The Morgan fingerprint density at radius 3 is 3.07 bits per heavy atom. The molecule has 0 saturated carbocycles. The highest BCUT2D eigenvalue weighted by atomic mass is 16.5. The highest BCUT2D eigenvalue weighted by molar-refractivity contribution is 4.65. The normalized spacial score (nSPS) is 24.9. The Hall–Kier alpha value is -0.120. The first kappa shape index (κ1) is 12.0. The van der Waals surface area contributed by atoms with Crippen LogP contribution in [0.3, 0.4) is 0 Å². The van der Waals surface area contributed by atoms with Gasteiger partial charge in [-0.2, -0.15) is 0 Å². The zero-order valence-corrected chi connectivity index (χ0v) is 9.17. The SMILES string of the molecule is CC(O)CCCNCC1CCCOC1. The summed E-state index contributed by atoms with van der Waals surface area (Å²) in [4.78, 5) is 0. The molecule has 0 bridgehead atoms. The van der Waals surface area contributed by atoms with Gasteiger partial charge < -0.3 is 15.2 Å². The molecule has 0 radical (unpaired) electrons. The first-order valence-electron chi connectivity index (χ1n) is 5.75. The van der Waals surface area contributed by atoms with Crippen molar-refractivity contribution in [1.29, 1.82) is 0 Å². The maximum Gasteiger partial charge on any atom is 0.0512 e. The molecule has 3 nitrogen and oxygen atoms in total. The second-order valence-corrected chi connectivity index (χ2v) is 4.28. The van der Waals surface area contributed by atoms with E-state index < -0.39 is 0 Å². The average molecular weight is 201 g/mol. The Labute approximate surface area is 86.8 Å². The summed E-state index contributed by atoms with van der Waals surface area (Å²) in [5.41, 5.74) is 0. The van der Waals surface area contributed by atoms with Gasteiger partial charge in [0.05, 0.1) is 12.7 Å². The minimum atomic E-state index is -0.158. The molecule has 14 heavy (non-hydrogen) atoms. The van der Waals surface area contributed by atoms with Crippen LogP contribution in [0.25, 0.3) is 0 Å². The molecule has 0 aromatic rings. The lowest BCUT2D eigenvalue weighted by Crippen LogP contribution is -2.29. The van der Waals surface area contributed by atoms with E-state index in [1.807, 2.05) is 6.92 Å². The van der Waals surface area contributed by atoms with E-state index in [4.69, 9.17) is 9.84 Å². The number of hydrogen-bond donors (Lipinski definition) is 2. The average Bonchev–Trinajstić information content (AvgIpc) is 2.18. The Bertz CT molecular complexity index is 133. The van der Waals surface area contributed by atoms with Crippen LogP contribution in [0.1, 0.15) is 32.6 Å². The van der Waals surface area contributed by atoms with Gasteiger partial charge in [0.15, 0.2) is 0 Å². The van der Waals surface area contributed by atoms with Crippen molar-refractivity contribution in [3.63, 3.8) is 0 Å². The fraction of sp³-hybridized carbons (Fsp3) is 1.00. The Morgan fingerprint density at radius 2 is 2.43 bits per heavy atom. The predicted molar refractivity (Wildman–Crippen MR) is 57.3 cm³/mol. The molecule has 1 fully saturated rings. The first-order chi connectivity index (χ1) is 6.79. The van der Waals surface area contributed by atoms with E-state index in [-0.39, 0.29) is 6.10 Å². The van der Waals surface area contributed by atoms with Crippen molar-refractivity contribution in [2.45, 2.75) is 38.7 Å². The maximum absolute atomic E-state index is 9.05. The van der Waals surface area contributed by atoms with Gasteiger partial charge in [-0.3, -0.25) is 0 Å². The molecule has 0 spiro atoms. The summed E-state index contributed by atoms with van der Waals surface area (Å²) in [5, 5.41) is 12.5. The molecule has 1 saturated heterocycles. The van der Waals surface area contributed by atoms with Crippen LogP contribution in [0, 0.1) is 5.92 Å². The Morgan fingerprint density at radius 1 is 1.57 bits per heavy atom. The summed E-state index contributed by atoms with van der Waals surface area (Å²) in [5.74, 6) is 0.704. The molecule has 1 rings (SSSR count). The Balaban J connectivity index is 1.87. The van der Waals surface area contributed by atoms with Crippen molar-refractivity contribution in [3.8, 4) is 0 Å². The number of ether oxygens (including phenoxy) is 1. The molecule has 84 valence electrons. The van der Waals surface area contributed by atoms with Gasteiger partial charge in [-0.1, -0.05) is 0 Å². The van der Waals surface area contributed by atoms with E-state index in [9.17, 15) is 0 Å². The van der Waals surface area contributed by atoms with E-state index in [1.54, 1.807) is 0 Å². The highest BCUT2D eigenvalue weighted by Gasteiger charge is 2.12. The van der Waals surface area contributed by atoms with Crippen LogP contribution in [0.5, 0.6) is 0 Å². The number of nitrogens with one attached hydrogen (secondary N) is 1. The van der Waals surface area contributed by atoms with Gasteiger partial charge in [-0.05, 0) is 45.1 Å². The second kappa shape index (κ2) is 7.21. The molecular formula is C11H23NO2. The fourth-order valence-corrected chi connectivity index (χ4v) is 1.80. The largest absolute Gasteiger partial charge is 0.393 e. The molecule has 0 aliphatic carbocycles. The molecule has 1 heterocycles. The number of aliphatic hydroxyl groups excluding tert-OH is 1. The topological polar surface area (TPSA) is 41.5 Å².